The van der Waals surface area contributed by atoms with Gasteiger partial charge in [0.05, 0.1) is 6.54 Å². The largest absolute Gasteiger partial charge is 0.325 e. The van der Waals surface area contributed by atoms with Crippen molar-refractivity contribution in [3.05, 3.63) is 28.8 Å². The maximum Gasteiger partial charge on any atom is 0.238 e. The SMILES string of the molecule is CCCCCCCCNCC(=O)Nc1cc(Cl)ccc1C. The molecule has 4 heteroatoms. The first-order valence-electron chi connectivity index (χ1n) is 7.90. The fraction of sp³-hybridized carbons (Fsp3) is 0.588. The van der Waals surface area contributed by atoms with Gasteiger partial charge in [-0.1, -0.05) is 56.7 Å². The van der Waals surface area contributed by atoms with Crippen molar-refractivity contribution in [3.63, 3.8) is 0 Å². The van der Waals surface area contributed by atoms with Gasteiger partial charge in [0, 0.05) is 10.7 Å². The predicted octanol–water partition coefficient (Wildman–Crippen LogP) is 4.54. The number of carbonyl (C=O) groups excluding carboxylic acids is 1. The molecule has 0 atom stereocenters. The molecule has 1 aromatic rings. The average Bonchev–Trinajstić information content (AvgIpc) is 2.46. The molecule has 118 valence electrons. The van der Waals surface area contributed by atoms with E-state index >= 15 is 0 Å². The molecule has 0 radical (unpaired) electrons. The molecule has 0 aliphatic rings. The lowest BCUT2D eigenvalue weighted by Gasteiger charge is -2.09. The van der Waals surface area contributed by atoms with Crippen LogP contribution >= 0.6 is 11.6 Å². The summed E-state index contributed by atoms with van der Waals surface area (Å²) in [5, 5.41) is 6.70. The predicted molar refractivity (Wildman–Crippen MR) is 91.1 cm³/mol. The molecule has 0 aliphatic heterocycles. The summed E-state index contributed by atoms with van der Waals surface area (Å²) in [4.78, 5) is 11.8. The summed E-state index contributed by atoms with van der Waals surface area (Å²) in [5.74, 6) is -0.0219. The van der Waals surface area contributed by atoms with Crippen LogP contribution in [0.4, 0.5) is 5.69 Å². The summed E-state index contributed by atoms with van der Waals surface area (Å²) in [7, 11) is 0. The zero-order valence-electron chi connectivity index (χ0n) is 13.2. The lowest BCUT2D eigenvalue weighted by molar-refractivity contribution is -0.115. The minimum absolute atomic E-state index is 0.0219. The van der Waals surface area contributed by atoms with Gasteiger partial charge in [-0.2, -0.15) is 0 Å². The van der Waals surface area contributed by atoms with Crippen LogP contribution in [0.3, 0.4) is 0 Å². The quantitative estimate of drug-likeness (QED) is 0.623. The van der Waals surface area contributed by atoms with E-state index in [0.29, 0.717) is 11.6 Å². The average molecular weight is 311 g/mol. The summed E-state index contributed by atoms with van der Waals surface area (Å²) < 4.78 is 0. The Bertz CT molecular complexity index is 435. The van der Waals surface area contributed by atoms with Crippen LogP contribution in [0, 0.1) is 6.92 Å². The maximum absolute atomic E-state index is 11.8. The molecule has 21 heavy (non-hydrogen) atoms. The number of benzene rings is 1. The molecule has 0 spiro atoms. The third kappa shape index (κ3) is 8.08. The van der Waals surface area contributed by atoms with Crippen molar-refractivity contribution in [1.82, 2.24) is 5.32 Å². The van der Waals surface area contributed by atoms with Gasteiger partial charge in [0.2, 0.25) is 5.91 Å². The molecule has 1 amide bonds. The lowest BCUT2D eigenvalue weighted by Crippen LogP contribution is -2.29. The molecule has 1 rings (SSSR count). The molecule has 2 N–H and O–H groups in total. The number of amides is 1. The fourth-order valence-corrected chi connectivity index (χ4v) is 2.33. The van der Waals surface area contributed by atoms with Crippen molar-refractivity contribution < 1.29 is 4.79 Å². The Labute approximate surface area is 133 Å². The van der Waals surface area contributed by atoms with Crippen molar-refractivity contribution in [2.45, 2.75) is 52.4 Å². The number of rotatable bonds is 10. The van der Waals surface area contributed by atoms with Gasteiger partial charge < -0.3 is 10.6 Å². The minimum Gasteiger partial charge on any atom is -0.325 e. The van der Waals surface area contributed by atoms with Gasteiger partial charge >= 0.3 is 0 Å². The molecule has 0 aliphatic carbocycles. The summed E-state index contributed by atoms with van der Waals surface area (Å²) in [6.07, 6.45) is 7.60. The van der Waals surface area contributed by atoms with E-state index in [1.54, 1.807) is 6.07 Å². The van der Waals surface area contributed by atoms with Gasteiger partial charge in [-0.05, 0) is 37.6 Å². The number of hydrogen-bond acceptors (Lipinski definition) is 2. The van der Waals surface area contributed by atoms with Crippen LogP contribution in [0.5, 0.6) is 0 Å². The van der Waals surface area contributed by atoms with E-state index in [4.69, 9.17) is 11.6 Å². The Kier molecular flexibility index (Phi) is 9.11. The topological polar surface area (TPSA) is 41.1 Å². The van der Waals surface area contributed by atoms with Gasteiger partial charge in [-0.15, -0.1) is 0 Å². The van der Waals surface area contributed by atoms with Gasteiger partial charge in [-0.3, -0.25) is 4.79 Å². The molecule has 0 fully saturated rings. The van der Waals surface area contributed by atoms with Crippen LogP contribution in [-0.4, -0.2) is 19.0 Å². The van der Waals surface area contributed by atoms with Crippen molar-refractivity contribution >= 4 is 23.2 Å². The third-order valence-electron chi connectivity index (χ3n) is 3.47. The minimum atomic E-state index is -0.0219. The summed E-state index contributed by atoms with van der Waals surface area (Å²) >= 11 is 5.93. The van der Waals surface area contributed by atoms with Crippen molar-refractivity contribution in [2.24, 2.45) is 0 Å². The molecule has 0 aromatic heterocycles. The highest BCUT2D eigenvalue weighted by Gasteiger charge is 2.04. The number of halogens is 1. The molecular formula is C17H27ClN2O. The Morgan fingerprint density at radius 2 is 1.86 bits per heavy atom. The molecular weight excluding hydrogens is 284 g/mol. The van der Waals surface area contributed by atoms with E-state index in [0.717, 1.165) is 24.2 Å². The first-order chi connectivity index (χ1) is 10.1. The van der Waals surface area contributed by atoms with Crippen molar-refractivity contribution in [2.75, 3.05) is 18.4 Å². The number of carbonyl (C=O) groups is 1. The second-order valence-corrected chi connectivity index (χ2v) is 5.89. The number of unbranched alkanes of at least 4 members (excludes halogenated alkanes) is 5. The Hall–Kier alpha value is -1.06. The Morgan fingerprint density at radius 1 is 1.14 bits per heavy atom. The Balaban J connectivity index is 2.13. The number of hydrogen-bond donors (Lipinski definition) is 2. The highest BCUT2D eigenvalue weighted by atomic mass is 35.5. The highest BCUT2D eigenvalue weighted by molar-refractivity contribution is 6.31. The van der Waals surface area contributed by atoms with Gasteiger partial charge in [0.15, 0.2) is 0 Å². The normalized spacial score (nSPS) is 10.6. The van der Waals surface area contributed by atoms with E-state index in [2.05, 4.69) is 17.6 Å². The molecule has 0 heterocycles. The number of anilines is 1. The van der Waals surface area contributed by atoms with Crippen LogP contribution in [-0.2, 0) is 4.79 Å². The van der Waals surface area contributed by atoms with E-state index in [-0.39, 0.29) is 5.91 Å². The fourth-order valence-electron chi connectivity index (χ4n) is 2.16. The van der Waals surface area contributed by atoms with Gasteiger partial charge in [-0.25, -0.2) is 0 Å². The second-order valence-electron chi connectivity index (χ2n) is 5.45. The smallest absolute Gasteiger partial charge is 0.238 e. The van der Waals surface area contributed by atoms with Gasteiger partial charge in [0.25, 0.3) is 0 Å². The molecule has 0 bridgehead atoms. The highest BCUT2D eigenvalue weighted by Crippen LogP contribution is 2.19. The summed E-state index contributed by atoms with van der Waals surface area (Å²) in [6, 6.07) is 5.51. The monoisotopic (exact) mass is 310 g/mol. The van der Waals surface area contributed by atoms with Crippen LogP contribution in [0.15, 0.2) is 18.2 Å². The van der Waals surface area contributed by atoms with Crippen LogP contribution in [0.2, 0.25) is 5.02 Å². The van der Waals surface area contributed by atoms with Crippen molar-refractivity contribution in [3.8, 4) is 0 Å². The first kappa shape index (κ1) is 18.0. The zero-order chi connectivity index (χ0) is 15.5. The number of nitrogens with one attached hydrogen (secondary N) is 2. The van der Waals surface area contributed by atoms with Crippen LogP contribution in [0.1, 0.15) is 51.0 Å². The van der Waals surface area contributed by atoms with Crippen LogP contribution < -0.4 is 10.6 Å². The molecule has 0 unspecified atom stereocenters. The van der Waals surface area contributed by atoms with E-state index < -0.39 is 0 Å². The lowest BCUT2D eigenvalue weighted by atomic mass is 10.1. The standard InChI is InChI=1S/C17H27ClN2O/c1-3-4-5-6-7-8-11-19-13-17(21)20-16-12-15(18)10-9-14(16)2/h9-10,12,19H,3-8,11,13H2,1-2H3,(H,20,21). The van der Waals surface area contributed by atoms with Crippen molar-refractivity contribution in [1.29, 1.82) is 0 Å². The Morgan fingerprint density at radius 3 is 2.62 bits per heavy atom. The molecule has 3 nitrogen and oxygen atoms in total. The third-order valence-corrected chi connectivity index (χ3v) is 3.70. The second kappa shape index (κ2) is 10.6. The van der Waals surface area contributed by atoms with Gasteiger partial charge in [0.1, 0.15) is 0 Å². The molecule has 0 saturated heterocycles. The summed E-state index contributed by atoms with van der Waals surface area (Å²) in [5.41, 5.74) is 1.80. The van der Waals surface area contributed by atoms with E-state index in [9.17, 15) is 4.79 Å². The first-order valence-corrected chi connectivity index (χ1v) is 8.28. The summed E-state index contributed by atoms with van der Waals surface area (Å²) in [6.45, 7) is 5.42. The maximum atomic E-state index is 11.8. The number of aryl methyl sites for hydroxylation is 1. The van der Waals surface area contributed by atoms with E-state index in [1.165, 1.54) is 32.1 Å². The zero-order valence-corrected chi connectivity index (χ0v) is 13.9. The van der Waals surface area contributed by atoms with E-state index in [1.807, 2.05) is 19.1 Å². The molecule has 1 aromatic carbocycles. The van der Waals surface area contributed by atoms with Crippen LogP contribution in [0.25, 0.3) is 0 Å². The molecule has 0 saturated carbocycles.